The molecule has 1 aromatic carbocycles. The van der Waals surface area contributed by atoms with Crippen LogP contribution in [0.3, 0.4) is 0 Å². The number of nitrogens with one attached hydrogen (secondary N) is 1. The average Bonchev–Trinajstić information content (AvgIpc) is 2.92. The highest BCUT2D eigenvalue weighted by Crippen LogP contribution is 2.43. The van der Waals surface area contributed by atoms with E-state index < -0.39 is 0 Å². The van der Waals surface area contributed by atoms with Crippen molar-refractivity contribution >= 4 is 21.7 Å². The molecule has 5 heteroatoms. The quantitative estimate of drug-likeness (QED) is 0.756. The summed E-state index contributed by atoms with van der Waals surface area (Å²) in [6.07, 6.45) is 4.85. The number of hydrogen-bond acceptors (Lipinski definition) is 3. The van der Waals surface area contributed by atoms with Gasteiger partial charge >= 0.3 is 0 Å². The molecule has 0 saturated heterocycles. The fraction of sp³-hybridized carbons (Fsp3) is 0.250. The zero-order chi connectivity index (χ0) is 12.0. The first-order valence-corrected chi connectivity index (χ1v) is 6.30. The number of nitrogens with two attached hydrogens (primary N) is 1. The molecule has 0 radical (unpaired) electrons. The van der Waals surface area contributed by atoms with Gasteiger partial charge in [0.2, 0.25) is 0 Å². The summed E-state index contributed by atoms with van der Waals surface area (Å²) in [7, 11) is 0. The molecule has 0 saturated carbocycles. The van der Waals surface area contributed by atoms with Crippen LogP contribution in [0.2, 0.25) is 0 Å². The Morgan fingerprint density at radius 1 is 1.35 bits per heavy atom. The number of phenolic OH excluding ortho intramolecular Hbond substituents is 1. The van der Waals surface area contributed by atoms with E-state index in [0.717, 1.165) is 34.9 Å². The average molecular weight is 294 g/mol. The van der Waals surface area contributed by atoms with Crippen molar-refractivity contribution in [3.05, 3.63) is 27.9 Å². The van der Waals surface area contributed by atoms with Gasteiger partial charge in [-0.1, -0.05) is 0 Å². The van der Waals surface area contributed by atoms with Gasteiger partial charge in [-0.25, -0.2) is 0 Å². The lowest BCUT2D eigenvalue weighted by Gasteiger charge is -2.10. The first-order chi connectivity index (χ1) is 8.18. The molecule has 0 spiro atoms. The second-order valence-electron chi connectivity index (χ2n) is 4.28. The lowest BCUT2D eigenvalue weighted by molar-refractivity contribution is 0.473. The maximum absolute atomic E-state index is 10.2. The number of anilines is 1. The molecule has 4 N–H and O–H groups in total. The molecule has 17 heavy (non-hydrogen) atoms. The Labute approximate surface area is 107 Å². The smallest absolute Gasteiger partial charge is 0.138 e. The van der Waals surface area contributed by atoms with Crippen molar-refractivity contribution in [1.29, 1.82) is 0 Å². The number of aryl methyl sites for hydroxylation is 1. The molecule has 1 aliphatic carbocycles. The van der Waals surface area contributed by atoms with E-state index in [1.165, 1.54) is 11.1 Å². The number of aromatic hydroxyl groups is 1. The number of nitrogen functional groups attached to an aromatic ring is 1. The monoisotopic (exact) mass is 293 g/mol. The topological polar surface area (TPSA) is 74.9 Å². The van der Waals surface area contributed by atoms with Crippen molar-refractivity contribution in [3.63, 3.8) is 0 Å². The lowest BCUT2D eigenvalue weighted by Crippen LogP contribution is -1.92. The summed E-state index contributed by atoms with van der Waals surface area (Å²) >= 11 is 3.47. The number of aromatic amines is 1. The summed E-state index contributed by atoms with van der Waals surface area (Å²) in [5.74, 6) is 0.726. The first-order valence-electron chi connectivity index (χ1n) is 5.51. The predicted octanol–water partition coefficient (Wildman–Crippen LogP) is 2.62. The maximum Gasteiger partial charge on any atom is 0.138 e. The van der Waals surface area contributed by atoms with Crippen LogP contribution in [0.4, 0.5) is 5.82 Å². The Balaban J connectivity index is 2.25. The van der Waals surface area contributed by atoms with Crippen LogP contribution < -0.4 is 5.73 Å². The number of nitrogens with zero attached hydrogens (tertiary/aromatic N) is 1. The zero-order valence-corrected chi connectivity index (χ0v) is 10.7. The third kappa shape index (κ3) is 1.53. The number of aromatic nitrogens is 2. The molecule has 0 amide bonds. The summed E-state index contributed by atoms with van der Waals surface area (Å²) in [5.41, 5.74) is 9.78. The van der Waals surface area contributed by atoms with Gasteiger partial charge in [-0.15, -0.1) is 0 Å². The van der Waals surface area contributed by atoms with E-state index in [1.807, 2.05) is 6.07 Å². The zero-order valence-electron chi connectivity index (χ0n) is 9.13. The molecule has 0 atom stereocenters. The van der Waals surface area contributed by atoms with E-state index in [2.05, 4.69) is 26.1 Å². The Kier molecular flexibility index (Phi) is 2.36. The van der Waals surface area contributed by atoms with Crippen molar-refractivity contribution in [2.75, 3.05) is 5.73 Å². The highest BCUT2D eigenvalue weighted by Gasteiger charge is 2.21. The third-order valence-electron chi connectivity index (χ3n) is 3.27. The molecular weight excluding hydrogens is 282 g/mol. The molecule has 0 bridgehead atoms. The molecule has 1 heterocycles. The molecule has 0 aliphatic heterocycles. The van der Waals surface area contributed by atoms with Crippen LogP contribution in [0.25, 0.3) is 11.1 Å². The lowest BCUT2D eigenvalue weighted by atomic mass is 10.0. The summed E-state index contributed by atoms with van der Waals surface area (Å²) in [6, 6.07) is 2.02. The van der Waals surface area contributed by atoms with Gasteiger partial charge in [0.05, 0.1) is 10.7 Å². The van der Waals surface area contributed by atoms with Crippen LogP contribution in [-0.2, 0) is 12.8 Å². The number of halogens is 1. The highest BCUT2D eigenvalue weighted by molar-refractivity contribution is 9.10. The Hall–Kier alpha value is -1.49. The first kappa shape index (κ1) is 10.7. The Morgan fingerprint density at radius 3 is 2.88 bits per heavy atom. The molecule has 1 aliphatic rings. The van der Waals surface area contributed by atoms with E-state index in [4.69, 9.17) is 5.73 Å². The summed E-state index contributed by atoms with van der Waals surface area (Å²) in [4.78, 5) is 0. The van der Waals surface area contributed by atoms with Gasteiger partial charge < -0.3 is 10.8 Å². The second-order valence-corrected chi connectivity index (χ2v) is 5.07. The van der Waals surface area contributed by atoms with Gasteiger partial charge in [0, 0.05) is 11.1 Å². The molecule has 1 aromatic heterocycles. The van der Waals surface area contributed by atoms with E-state index >= 15 is 0 Å². The standard InChI is InChI=1S/C12H12BrN3O/c13-10-7-3-1-2-6(7)4-8(11(10)17)9-5-15-16-12(9)14/h4-5,17H,1-3H2,(H3,14,15,16). The van der Waals surface area contributed by atoms with Crippen LogP contribution in [-0.4, -0.2) is 15.3 Å². The van der Waals surface area contributed by atoms with Gasteiger partial charge in [0.15, 0.2) is 0 Å². The number of rotatable bonds is 1. The SMILES string of the molecule is Nc1[nH]ncc1-c1cc2c(c(Br)c1O)CCC2. The minimum absolute atomic E-state index is 0.249. The Morgan fingerprint density at radius 2 is 2.18 bits per heavy atom. The van der Waals surface area contributed by atoms with Crippen LogP contribution in [0.15, 0.2) is 16.7 Å². The van der Waals surface area contributed by atoms with E-state index in [-0.39, 0.29) is 5.75 Å². The normalized spacial score (nSPS) is 13.9. The second kappa shape index (κ2) is 3.77. The molecule has 0 fully saturated rings. The minimum Gasteiger partial charge on any atom is -0.506 e. The van der Waals surface area contributed by atoms with Gasteiger partial charge in [-0.2, -0.15) is 5.10 Å². The fourth-order valence-electron chi connectivity index (χ4n) is 2.40. The molecule has 0 unspecified atom stereocenters. The predicted molar refractivity (Wildman–Crippen MR) is 69.8 cm³/mol. The molecule has 3 rings (SSSR count). The van der Waals surface area contributed by atoms with Gasteiger partial charge in [0.1, 0.15) is 11.6 Å². The summed E-state index contributed by atoms with van der Waals surface area (Å²) in [5, 5.41) is 16.8. The van der Waals surface area contributed by atoms with Crippen molar-refractivity contribution in [2.24, 2.45) is 0 Å². The molecule has 2 aromatic rings. The largest absolute Gasteiger partial charge is 0.506 e. The minimum atomic E-state index is 0.249. The van der Waals surface area contributed by atoms with E-state index in [9.17, 15) is 5.11 Å². The number of phenols is 1. The molecular formula is C12H12BrN3O. The van der Waals surface area contributed by atoms with Crippen LogP contribution >= 0.6 is 15.9 Å². The van der Waals surface area contributed by atoms with E-state index in [1.54, 1.807) is 6.20 Å². The summed E-state index contributed by atoms with van der Waals surface area (Å²) < 4.78 is 0.795. The van der Waals surface area contributed by atoms with Crippen LogP contribution in [0.1, 0.15) is 17.5 Å². The molecule has 88 valence electrons. The number of benzene rings is 1. The van der Waals surface area contributed by atoms with Crippen molar-refractivity contribution in [1.82, 2.24) is 10.2 Å². The van der Waals surface area contributed by atoms with Crippen molar-refractivity contribution < 1.29 is 5.11 Å². The van der Waals surface area contributed by atoms with Gasteiger partial charge in [-0.05, 0) is 52.4 Å². The van der Waals surface area contributed by atoms with Crippen molar-refractivity contribution in [3.8, 4) is 16.9 Å². The highest BCUT2D eigenvalue weighted by atomic mass is 79.9. The van der Waals surface area contributed by atoms with Crippen LogP contribution in [0.5, 0.6) is 5.75 Å². The molecule has 4 nitrogen and oxygen atoms in total. The Bertz CT molecular complexity index is 592. The summed E-state index contributed by atoms with van der Waals surface area (Å²) in [6.45, 7) is 0. The van der Waals surface area contributed by atoms with Gasteiger partial charge in [0.25, 0.3) is 0 Å². The third-order valence-corrected chi connectivity index (χ3v) is 4.12. The van der Waals surface area contributed by atoms with Gasteiger partial charge in [-0.3, -0.25) is 5.10 Å². The van der Waals surface area contributed by atoms with Crippen LogP contribution in [0, 0.1) is 0 Å². The number of fused-ring (bicyclic) bond motifs is 1. The maximum atomic E-state index is 10.2. The number of hydrogen-bond donors (Lipinski definition) is 3. The number of H-pyrrole nitrogens is 1. The van der Waals surface area contributed by atoms with E-state index in [0.29, 0.717) is 5.82 Å². The van der Waals surface area contributed by atoms with Crippen molar-refractivity contribution in [2.45, 2.75) is 19.3 Å². The fourth-order valence-corrected chi connectivity index (χ4v) is 3.06.